The predicted octanol–water partition coefficient (Wildman–Crippen LogP) is 0.813. The average molecular weight is 373 g/mol. The zero-order valence-corrected chi connectivity index (χ0v) is 16.3. The molecule has 1 saturated heterocycles. The highest BCUT2D eigenvalue weighted by molar-refractivity contribution is 6.05. The molecule has 27 heavy (non-hydrogen) atoms. The number of carbonyl (C=O) groups excluding carboxylic acids is 1. The molecule has 8 heteroatoms. The van der Waals surface area contributed by atoms with Gasteiger partial charge in [0.15, 0.2) is 5.65 Å². The van der Waals surface area contributed by atoms with E-state index in [1.165, 1.54) is 4.57 Å². The topological polar surface area (TPSA) is 109 Å². The Morgan fingerprint density at radius 2 is 2.00 bits per heavy atom. The number of nitrogens with one attached hydrogen (secondary N) is 3. The Morgan fingerprint density at radius 1 is 1.30 bits per heavy atom. The van der Waals surface area contributed by atoms with Crippen molar-refractivity contribution in [2.45, 2.75) is 40.2 Å². The summed E-state index contributed by atoms with van der Waals surface area (Å²) in [4.78, 5) is 44.7. The second kappa shape index (κ2) is 7.64. The molecule has 0 spiro atoms. The van der Waals surface area contributed by atoms with E-state index < -0.39 is 11.2 Å². The van der Waals surface area contributed by atoms with Crippen molar-refractivity contribution in [3.05, 3.63) is 38.2 Å². The number of H-pyrrole nitrogens is 1. The van der Waals surface area contributed by atoms with Gasteiger partial charge in [0.2, 0.25) is 0 Å². The molecule has 1 aliphatic heterocycles. The van der Waals surface area contributed by atoms with Crippen LogP contribution in [0.3, 0.4) is 0 Å². The lowest BCUT2D eigenvalue weighted by Gasteiger charge is -2.27. The molecule has 2 aromatic heterocycles. The molecule has 2 aromatic rings. The maximum atomic E-state index is 12.8. The molecule has 1 fully saturated rings. The maximum Gasteiger partial charge on any atom is 0.330 e. The molecule has 3 rings (SSSR count). The van der Waals surface area contributed by atoms with Crippen molar-refractivity contribution >= 4 is 16.9 Å². The number of rotatable bonds is 6. The van der Waals surface area contributed by atoms with Crippen LogP contribution in [0.5, 0.6) is 0 Å². The van der Waals surface area contributed by atoms with Crippen molar-refractivity contribution in [2.75, 3.05) is 19.6 Å². The zero-order valence-electron chi connectivity index (χ0n) is 16.3. The van der Waals surface area contributed by atoms with Crippen molar-refractivity contribution in [1.29, 1.82) is 0 Å². The normalized spacial score (nSPS) is 14.7. The Labute approximate surface area is 157 Å². The van der Waals surface area contributed by atoms with E-state index in [4.69, 9.17) is 0 Å². The van der Waals surface area contributed by atoms with Crippen molar-refractivity contribution in [3.63, 3.8) is 0 Å². The van der Waals surface area contributed by atoms with Gasteiger partial charge in [0.1, 0.15) is 0 Å². The van der Waals surface area contributed by atoms with Gasteiger partial charge < -0.3 is 10.6 Å². The molecule has 0 unspecified atom stereocenters. The number of hydrogen-bond acceptors (Lipinski definition) is 5. The Kier molecular flexibility index (Phi) is 5.46. The molecular formula is C19H27N5O3. The molecule has 0 saturated carbocycles. The monoisotopic (exact) mass is 373 g/mol. The number of amides is 1. The number of nitrogens with zero attached hydrogens (tertiary/aromatic N) is 2. The lowest BCUT2D eigenvalue weighted by atomic mass is 10.0. The van der Waals surface area contributed by atoms with E-state index in [0.29, 0.717) is 24.7 Å². The minimum absolute atomic E-state index is 0.0543. The second-order valence-electron chi connectivity index (χ2n) is 7.95. The standard InChI is InChI=1S/C19H27N5O3/c1-10(2)9-24-16-15(18(26)23-19(24)27)13(5-14(22-16)11(3)4)17(25)21-8-12-6-20-7-12/h5,10-12,20H,6-9H2,1-4H3,(H,21,25)(H,23,26,27). The molecule has 1 aliphatic rings. The third kappa shape index (κ3) is 3.95. The average Bonchev–Trinajstić information content (AvgIpc) is 2.55. The van der Waals surface area contributed by atoms with Gasteiger partial charge in [0.25, 0.3) is 11.5 Å². The largest absolute Gasteiger partial charge is 0.352 e. The first kappa shape index (κ1) is 19.3. The van der Waals surface area contributed by atoms with Gasteiger partial charge >= 0.3 is 5.69 Å². The minimum Gasteiger partial charge on any atom is -0.352 e. The van der Waals surface area contributed by atoms with Crippen LogP contribution in [0.15, 0.2) is 15.7 Å². The van der Waals surface area contributed by atoms with Gasteiger partial charge in [0.05, 0.1) is 10.9 Å². The lowest BCUT2D eigenvalue weighted by Crippen LogP contribution is -2.48. The van der Waals surface area contributed by atoms with Gasteiger partial charge in [-0.1, -0.05) is 27.7 Å². The van der Waals surface area contributed by atoms with Gasteiger partial charge in [-0.3, -0.25) is 19.1 Å². The Balaban J connectivity index is 2.17. The number of fused-ring (bicyclic) bond motifs is 1. The molecule has 0 bridgehead atoms. The van der Waals surface area contributed by atoms with Crippen LogP contribution < -0.4 is 21.9 Å². The SMILES string of the molecule is CC(C)Cn1c(=O)[nH]c(=O)c2c(C(=O)NCC3CNC3)cc(C(C)C)nc21. The third-order valence-corrected chi connectivity index (χ3v) is 4.77. The fourth-order valence-electron chi connectivity index (χ4n) is 3.13. The Hall–Kier alpha value is -2.48. The molecule has 0 aromatic carbocycles. The fraction of sp³-hybridized carbons (Fsp3) is 0.579. The van der Waals surface area contributed by atoms with Crippen molar-refractivity contribution < 1.29 is 4.79 Å². The van der Waals surface area contributed by atoms with Crippen LogP contribution in [0.1, 0.15) is 49.7 Å². The van der Waals surface area contributed by atoms with Crippen LogP contribution >= 0.6 is 0 Å². The lowest BCUT2D eigenvalue weighted by molar-refractivity contribution is 0.0943. The highest BCUT2D eigenvalue weighted by Gasteiger charge is 2.22. The quantitative estimate of drug-likeness (QED) is 0.694. The molecular weight excluding hydrogens is 346 g/mol. The van der Waals surface area contributed by atoms with E-state index in [1.54, 1.807) is 6.07 Å². The first-order chi connectivity index (χ1) is 12.8. The molecule has 0 aliphatic carbocycles. The van der Waals surface area contributed by atoms with E-state index >= 15 is 0 Å². The summed E-state index contributed by atoms with van der Waals surface area (Å²) in [5.41, 5.74) is 0.157. The Bertz CT molecular complexity index is 970. The molecule has 3 heterocycles. The number of carbonyl (C=O) groups is 1. The van der Waals surface area contributed by atoms with E-state index in [9.17, 15) is 14.4 Å². The first-order valence-electron chi connectivity index (χ1n) is 9.44. The van der Waals surface area contributed by atoms with Gasteiger partial charge in [-0.15, -0.1) is 0 Å². The van der Waals surface area contributed by atoms with E-state index in [-0.39, 0.29) is 34.3 Å². The first-order valence-corrected chi connectivity index (χ1v) is 9.44. The number of hydrogen-bond donors (Lipinski definition) is 3. The van der Waals surface area contributed by atoms with Crippen LogP contribution in [0.4, 0.5) is 0 Å². The van der Waals surface area contributed by atoms with Crippen LogP contribution in [-0.4, -0.2) is 40.1 Å². The van der Waals surface area contributed by atoms with Crippen molar-refractivity contribution in [2.24, 2.45) is 11.8 Å². The highest BCUT2D eigenvalue weighted by Crippen LogP contribution is 2.20. The summed E-state index contributed by atoms with van der Waals surface area (Å²) in [6.45, 7) is 10.6. The molecule has 0 radical (unpaired) electrons. The Morgan fingerprint density at radius 3 is 2.56 bits per heavy atom. The molecule has 1 amide bonds. The van der Waals surface area contributed by atoms with Gasteiger partial charge in [-0.2, -0.15) is 0 Å². The smallest absolute Gasteiger partial charge is 0.330 e. The second-order valence-corrected chi connectivity index (χ2v) is 7.95. The predicted molar refractivity (Wildman–Crippen MR) is 104 cm³/mol. The summed E-state index contributed by atoms with van der Waals surface area (Å²) in [6, 6.07) is 1.67. The van der Waals surface area contributed by atoms with E-state index in [1.807, 2.05) is 27.7 Å². The molecule has 146 valence electrons. The summed E-state index contributed by atoms with van der Waals surface area (Å²) in [5, 5.41) is 6.25. The summed E-state index contributed by atoms with van der Waals surface area (Å²) in [7, 11) is 0. The number of aromatic amines is 1. The van der Waals surface area contributed by atoms with Gasteiger partial charge in [0, 0.05) is 37.8 Å². The number of pyridine rings is 1. The molecule has 8 nitrogen and oxygen atoms in total. The molecule has 3 N–H and O–H groups in total. The summed E-state index contributed by atoms with van der Waals surface area (Å²) in [5.74, 6) is 0.337. The van der Waals surface area contributed by atoms with Crippen LogP contribution in [0.2, 0.25) is 0 Å². The molecule has 0 atom stereocenters. The van der Waals surface area contributed by atoms with Crippen molar-refractivity contribution in [1.82, 2.24) is 25.2 Å². The summed E-state index contributed by atoms with van der Waals surface area (Å²) in [6.07, 6.45) is 0. The van der Waals surface area contributed by atoms with Crippen molar-refractivity contribution in [3.8, 4) is 0 Å². The maximum absolute atomic E-state index is 12.8. The third-order valence-electron chi connectivity index (χ3n) is 4.77. The highest BCUT2D eigenvalue weighted by atomic mass is 16.2. The van der Waals surface area contributed by atoms with E-state index in [2.05, 4.69) is 20.6 Å². The number of aromatic nitrogens is 3. The zero-order chi connectivity index (χ0) is 19.7. The van der Waals surface area contributed by atoms with Gasteiger partial charge in [-0.25, -0.2) is 9.78 Å². The van der Waals surface area contributed by atoms with Gasteiger partial charge in [-0.05, 0) is 17.9 Å². The summed E-state index contributed by atoms with van der Waals surface area (Å²) >= 11 is 0. The minimum atomic E-state index is -0.576. The van der Waals surface area contributed by atoms with E-state index in [0.717, 1.165) is 13.1 Å². The fourth-order valence-corrected chi connectivity index (χ4v) is 3.13. The van der Waals surface area contributed by atoms with Crippen LogP contribution in [-0.2, 0) is 6.54 Å². The summed E-state index contributed by atoms with van der Waals surface area (Å²) < 4.78 is 1.46. The van der Waals surface area contributed by atoms with Crippen LogP contribution in [0, 0.1) is 11.8 Å². The van der Waals surface area contributed by atoms with Crippen LogP contribution in [0.25, 0.3) is 11.0 Å².